The van der Waals surface area contributed by atoms with Crippen molar-refractivity contribution in [3.05, 3.63) is 0 Å². The molecule has 1 atom stereocenters. The van der Waals surface area contributed by atoms with Gasteiger partial charge in [-0.1, -0.05) is 19.8 Å². The Labute approximate surface area is 105 Å². The van der Waals surface area contributed by atoms with Gasteiger partial charge in [0.2, 0.25) is 0 Å². The maximum Gasteiger partial charge on any atom is 0.191 e. The summed E-state index contributed by atoms with van der Waals surface area (Å²) >= 11 is 0. The molecule has 1 aliphatic heterocycles. The van der Waals surface area contributed by atoms with Gasteiger partial charge in [0, 0.05) is 19.7 Å². The van der Waals surface area contributed by atoms with Crippen molar-refractivity contribution in [2.75, 3.05) is 26.2 Å². The van der Waals surface area contributed by atoms with Crippen molar-refractivity contribution in [1.82, 2.24) is 10.6 Å². The van der Waals surface area contributed by atoms with Gasteiger partial charge in [0.25, 0.3) is 0 Å². The van der Waals surface area contributed by atoms with Crippen molar-refractivity contribution in [3.63, 3.8) is 0 Å². The molecule has 0 radical (unpaired) electrons. The van der Waals surface area contributed by atoms with Gasteiger partial charge in [0.05, 0.1) is 12.6 Å². The first-order valence-corrected chi connectivity index (χ1v) is 7.00. The molecule has 1 rings (SSSR count). The van der Waals surface area contributed by atoms with E-state index in [0.717, 1.165) is 38.6 Å². The Morgan fingerprint density at radius 2 is 2.18 bits per heavy atom. The van der Waals surface area contributed by atoms with E-state index in [1.54, 1.807) is 0 Å². The fourth-order valence-electron chi connectivity index (χ4n) is 1.90. The van der Waals surface area contributed by atoms with Crippen LogP contribution >= 0.6 is 0 Å². The van der Waals surface area contributed by atoms with Crippen molar-refractivity contribution in [2.45, 2.75) is 52.1 Å². The molecule has 2 N–H and O–H groups in total. The fraction of sp³-hybridized carbons (Fsp3) is 0.923. The Morgan fingerprint density at radius 3 is 2.82 bits per heavy atom. The second kappa shape index (κ2) is 9.28. The van der Waals surface area contributed by atoms with Crippen LogP contribution in [0.5, 0.6) is 0 Å². The van der Waals surface area contributed by atoms with E-state index in [1.807, 2.05) is 0 Å². The van der Waals surface area contributed by atoms with E-state index >= 15 is 0 Å². The first-order chi connectivity index (χ1) is 8.36. The average molecular weight is 241 g/mol. The lowest BCUT2D eigenvalue weighted by atomic mass is 10.2. The lowest BCUT2D eigenvalue weighted by Gasteiger charge is -2.12. The predicted octanol–water partition coefficient (Wildman–Crippen LogP) is 1.91. The Bertz CT molecular complexity index is 213. The summed E-state index contributed by atoms with van der Waals surface area (Å²) in [5.74, 6) is 0.930. The zero-order valence-corrected chi connectivity index (χ0v) is 11.3. The summed E-state index contributed by atoms with van der Waals surface area (Å²) in [6, 6.07) is 0. The third-order valence-corrected chi connectivity index (χ3v) is 2.89. The van der Waals surface area contributed by atoms with Crippen LogP contribution in [-0.2, 0) is 4.74 Å². The predicted molar refractivity (Wildman–Crippen MR) is 72.5 cm³/mol. The molecule has 1 saturated heterocycles. The maximum absolute atomic E-state index is 5.56. The highest BCUT2D eigenvalue weighted by atomic mass is 16.5. The Hall–Kier alpha value is -0.770. The molecule has 0 aliphatic carbocycles. The molecule has 0 spiro atoms. The minimum absolute atomic E-state index is 0.334. The standard InChI is InChI=1S/C13H27N3O/c1-3-5-6-9-15-13(14-4-2)16-11-12-8-7-10-17-12/h12H,3-11H2,1-2H3,(H2,14,15,16). The van der Waals surface area contributed by atoms with Crippen molar-refractivity contribution < 1.29 is 4.74 Å². The van der Waals surface area contributed by atoms with Gasteiger partial charge in [-0.2, -0.15) is 0 Å². The zero-order valence-electron chi connectivity index (χ0n) is 11.3. The Kier molecular flexibility index (Phi) is 7.80. The van der Waals surface area contributed by atoms with Crippen LogP contribution in [0.25, 0.3) is 0 Å². The Balaban J connectivity index is 2.22. The minimum Gasteiger partial charge on any atom is -0.376 e. The number of ether oxygens (including phenoxy) is 1. The highest BCUT2D eigenvalue weighted by molar-refractivity contribution is 5.79. The van der Waals surface area contributed by atoms with Crippen molar-refractivity contribution in [2.24, 2.45) is 4.99 Å². The van der Waals surface area contributed by atoms with E-state index in [2.05, 4.69) is 29.5 Å². The van der Waals surface area contributed by atoms with Gasteiger partial charge >= 0.3 is 0 Å². The number of nitrogens with zero attached hydrogens (tertiary/aromatic N) is 1. The van der Waals surface area contributed by atoms with Crippen LogP contribution in [0.4, 0.5) is 0 Å². The number of hydrogen-bond acceptors (Lipinski definition) is 2. The second-order valence-corrected chi connectivity index (χ2v) is 4.49. The summed E-state index contributed by atoms with van der Waals surface area (Å²) in [5.41, 5.74) is 0. The van der Waals surface area contributed by atoms with Crippen molar-refractivity contribution in [1.29, 1.82) is 0 Å². The molecule has 4 heteroatoms. The molecule has 17 heavy (non-hydrogen) atoms. The molecule has 0 bridgehead atoms. The molecule has 0 amide bonds. The van der Waals surface area contributed by atoms with Gasteiger partial charge in [0.1, 0.15) is 0 Å². The number of rotatable bonds is 7. The van der Waals surface area contributed by atoms with E-state index in [-0.39, 0.29) is 0 Å². The summed E-state index contributed by atoms with van der Waals surface area (Å²) in [6.45, 7) is 7.91. The van der Waals surface area contributed by atoms with Gasteiger partial charge < -0.3 is 15.4 Å². The lowest BCUT2D eigenvalue weighted by molar-refractivity contribution is 0.117. The van der Waals surface area contributed by atoms with Gasteiger partial charge in [-0.15, -0.1) is 0 Å². The number of unbranched alkanes of at least 4 members (excludes halogenated alkanes) is 2. The van der Waals surface area contributed by atoms with Crippen LogP contribution in [0.3, 0.4) is 0 Å². The number of aliphatic imine (C=N–C) groups is 1. The summed E-state index contributed by atoms with van der Waals surface area (Å²) in [6.07, 6.45) is 6.41. The van der Waals surface area contributed by atoms with Gasteiger partial charge in [-0.3, -0.25) is 4.99 Å². The molecule has 4 nitrogen and oxygen atoms in total. The maximum atomic E-state index is 5.56. The number of nitrogens with one attached hydrogen (secondary N) is 2. The third kappa shape index (κ3) is 6.51. The van der Waals surface area contributed by atoms with Crippen LogP contribution in [0.2, 0.25) is 0 Å². The van der Waals surface area contributed by atoms with Gasteiger partial charge in [0.15, 0.2) is 5.96 Å². The topological polar surface area (TPSA) is 45.7 Å². The first kappa shape index (κ1) is 14.3. The average Bonchev–Trinajstić information content (AvgIpc) is 2.84. The molecular weight excluding hydrogens is 214 g/mol. The smallest absolute Gasteiger partial charge is 0.191 e. The van der Waals surface area contributed by atoms with Crippen LogP contribution in [0.15, 0.2) is 4.99 Å². The van der Waals surface area contributed by atoms with E-state index in [1.165, 1.54) is 25.7 Å². The highest BCUT2D eigenvalue weighted by Crippen LogP contribution is 2.11. The summed E-state index contributed by atoms with van der Waals surface area (Å²) < 4.78 is 5.56. The van der Waals surface area contributed by atoms with Crippen LogP contribution in [0.1, 0.15) is 46.0 Å². The number of guanidine groups is 1. The SMILES string of the molecule is CCCCCNC(=NCC1CCCO1)NCC. The van der Waals surface area contributed by atoms with Gasteiger partial charge in [-0.25, -0.2) is 0 Å². The third-order valence-electron chi connectivity index (χ3n) is 2.89. The fourth-order valence-corrected chi connectivity index (χ4v) is 1.90. The van der Waals surface area contributed by atoms with Crippen LogP contribution < -0.4 is 10.6 Å². The van der Waals surface area contributed by atoms with Crippen LogP contribution in [0, 0.1) is 0 Å². The molecule has 1 fully saturated rings. The highest BCUT2D eigenvalue weighted by Gasteiger charge is 2.14. The minimum atomic E-state index is 0.334. The van der Waals surface area contributed by atoms with E-state index < -0.39 is 0 Å². The normalized spacial score (nSPS) is 20.6. The van der Waals surface area contributed by atoms with E-state index in [9.17, 15) is 0 Å². The Morgan fingerprint density at radius 1 is 1.29 bits per heavy atom. The monoisotopic (exact) mass is 241 g/mol. The molecule has 0 saturated carbocycles. The molecular formula is C13H27N3O. The second-order valence-electron chi connectivity index (χ2n) is 4.49. The molecule has 1 aliphatic rings. The number of hydrogen-bond donors (Lipinski definition) is 2. The summed E-state index contributed by atoms with van der Waals surface area (Å²) in [5, 5.41) is 6.63. The zero-order chi connectivity index (χ0) is 12.3. The molecule has 1 heterocycles. The first-order valence-electron chi connectivity index (χ1n) is 7.00. The molecule has 0 aromatic heterocycles. The van der Waals surface area contributed by atoms with E-state index in [0.29, 0.717) is 6.10 Å². The van der Waals surface area contributed by atoms with Crippen LogP contribution in [-0.4, -0.2) is 38.3 Å². The summed E-state index contributed by atoms with van der Waals surface area (Å²) in [4.78, 5) is 4.56. The molecule has 1 unspecified atom stereocenters. The molecule has 0 aromatic carbocycles. The van der Waals surface area contributed by atoms with Crippen molar-refractivity contribution >= 4 is 5.96 Å². The quantitative estimate of drug-likeness (QED) is 0.406. The largest absolute Gasteiger partial charge is 0.376 e. The van der Waals surface area contributed by atoms with E-state index in [4.69, 9.17) is 4.74 Å². The van der Waals surface area contributed by atoms with Gasteiger partial charge in [-0.05, 0) is 26.2 Å². The van der Waals surface area contributed by atoms with Crippen molar-refractivity contribution in [3.8, 4) is 0 Å². The molecule has 100 valence electrons. The molecule has 0 aromatic rings. The lowest BCUT2D eigenvalue weighted by Crippen LogP contribution is -2.38. The summed E-state index contributed by atoms with van der Waals surface area (Å²) in [7, 11) is 0.